The number of nitrogens with two attached hydrogens (primary N) is 1. The van der Waals surface area contributed by atoms with Crippen molar-refractivity contribution in [2.75, 3.05) is 0 Å². The SMILES string of the molecule is Cc1cc(Br)c(Cl)c(C(N)=O)c1. The van der Waals surface area contributed by atoms with Crippen molar-refractivity contribution < 1.29 is 4.79 Å². The van der Waals surface area contributed by atoms with Crippen molar-refractivity contribution in [1.82, 2.24) is 0 Å². The minimum absolute atomic E-state index is 0.351. The van der Waals surface area contributed by atoms with Gasteiger partial charge >= 0.3 is 0 Å². The van der Waals surface area contributed by atoms with Gasteiger partial charge in [-0.15, -0.1) is 0 Å². The summed E-state index contributed by atoms with van der Waals surface area (Å²) in [4.78, 5) is 10.8. The molecule has 0 bridgehead atoms. The first kappa shape index (κ1) is 9.55. The lowest BCUT2D eigenvalue weighted by Gasteiger charge is -2.03. The molecule has 0 atom stereocenters. The molecule has 2 nitrogen and oxygen atoms in total. The minimum Gasteiger partial charge on any atom is -0.366 e. The van der Waals surface area contributed by atoms with E-state index in [0.717, 1.165) is 5.56 Å². The molecule has 0 fully saturated rings. The molecule has 0 spiro atoms. The molecule has 64 valence electrons. The Balaban J connectivity index is 3.37. The topological polar surface area (TPSA) is 43.1 Å². The van der Waals surface area contributed by atoms with Crippen molar-refractivity contribution in [1.29, 1.82) is 0 Å². The Bertz CT molecular complexity index is 338. The van der Waals surface area contributed by atoms with E-state index in [-0.39, 0.29) is 0 Å². The van der Waals surface area contributed by atoms with Crippen molar-refractivity contribution in [2.24, 2.45) is 5.73 Å². The van der Waals surface area contributed by atoms with E-state index in [9.17, 15) is 4.79 Å². The maximum absolute atomic E-state index is 10.8. The zero-order chi connectivity index (χ0) is 9.30. The van der Waals surface area contributed by atoms with Gasteiger partial charge in [-0.1, -0.05) is 11.6 Å². The van der Waals surface area contributed by atoms with Gasteiger partial charge in [-0.05, 0) is 40.5 Å². The largest absolute Gasteiger partial charge is 0.366 e. The molecule has 0 unspecified atom stereocenters. The van der Waals surface area contributed by atoms with E-state index in [2.05, 4.69) is 15.9 Å². The smallest absolute Gasteiger partial charge is 0.250 e. The Morgan fingerprint density at radius 1 is 1.58 bits per heavy atom. The zero-order valence-corrected chi connectivity index (χ0v) is 8.74. The summed E-state index contributed by atoms with van der Waals surface area (Å²) in [5.74, 6) is -0.510. The number of primary amides is 1. The Hall–Kier alpha value is -0.540. The lowest BCUT2D eigenvalue weighted by atomic mass is 10.1. The van der Waals surface area contributed by atoms with Gasteiger partial charge < -0.3 is 5.73 Å². The maximum atomic E-state index is 10.8. The number of benzene rings is 1. The van der Waals surface area contributed by atoms with Gasteiger partial charge in [-0.3, -0.25) is 4.79 Å². The number of hydrogen-bond acceptors (Lipinski definition) is 1. The van der Waals surface area contributed by atoms with Crippen LogP contribution in [0.15, 0.2) is 16.6 Å². The Labute approximate surface area is 83.8 Å². The highest BCUT2D eigenvalue weighted by Crippen LogP contribution is 2.27. The summed E-state index contributed by atoms with van der Waals surface area (Å²) in [7, 11) is 0. The van der Waals surface area contributed by atoms with Crippen molar-refractivity contribution in [3.05, 3.63) is 32.8 Å². The van der Waals surface area contributed by atoms with E-state index in [4.69, 9.17) is 17.3 Å². The van der Waals surface area contributed by atoms with Crippen LogP contribution >= 0.6 is 27.5 Å². The number of halogens is 2. The summed E-state index contributed by atoms with van der Waals surface area (Å²) < 4.78 is 0.693. The van der Waals surface area contributed by atoms with Crippen molar-refractivity contribution in [3.8, 4) is 0 Å². The lowest BCUT2D eigenvalue weighted by molar-refractivity contribution is 0.100. The van der Waals surface area contributed by atoms with E-state index in [0.29, 0.717) is 15.1 Å². The standard InChI is InChI=1S/C8H7BrClNO/c1-4-2-5(8(11)12)7(10)6(9)3-4/h2-3H,1H3,(H2,11,12). The third kappa shape index (κ3) is 1.79. The zero-order valence-electron chi connectivity index (χ0n) is 6.40. The molecule has 0 radical (unpaired) electrons. The molecule has 0 heterocycles. The van der Waals surface area contributed by atoms with Gasteiger partial charge in [-0.25, -0.2) is 0 Å². The van der Waals surface area contributed by atoms with Crippen molar-refractivity contribution in [2.45, 2.75) is 6.92 Å². The molecule has 1 aromatic rings. The van der Waals surface area contributed by atoms with Crippen molar-refractivity contribution in [3.63, 3.8) is 0 Å². The first-order chi connectivity index (χ1) is 5.52. The van der Waals surface area contributed by atoms with Gasteiger partial charge in [0, 0.05) is 4.47 Å². The average Bonchev–Trinajstić information content (AvgIpc) is 1.96. The van der Waals surface area contributed by atoms with Crippen LogP contribution in [0.25, 0.3) is 0 Å². The Morgan fingerprint density at radius 3 is 2.67 bits per heavy atom. The lowest BCUT2D eigenvalue weighted by Crippen LogP contribution is -2.11. The monoisotopic (exact) mass is 247 g/mol. The first-order valence-electron chi connectivity index (χ1n) is 3.28. The van der Waals surface area contributed by atoms with Gasteiger partial charge in [0.25, 0.3) is 0 Å². The number of rotatable bonds is 1. The highest BCUT2D eigenvalue weighted by Gasteiger charge is 2.09. The van der Waals surface area contributed by atoms with Gasteiger partial charge in [0.1, 0.15) is 0 Å². The highest BCUT2D eigenvalue weighted by molar-refractivity contribution is 9.10. The van der Waals surface area contributed by atoms with Crippen molar-refractivity contribution >= 4 is 33.4 Å². The molecule has 1 aromatic carbocycles. The number of aryl methyl sites for hydroxylation is 1. The molecule has 1 amide bonds. The molecular weight excluding hydrogens is 241 g/mol. The molecule has 0 saturated carbocycles. The van der Waals surface area contributed by atoms with Crippen LogP contribution in [0.3, 0.4) is 0 Å². The van der Waals surface area contributed by atoms with Gasteiger partial charge in [0.05, 0.1) is 10.6 Å². The number of amides is 1. The summed E-state index contributed by atoms with van der Waals surface area (Å²) in [5.41, 5.74) is 6.40. The highest BCUT2D eigenvalue weighted by atomic mass is 79.9. The number of carbonyl (C=O) groups is 1. The fourth-order valence-corrected chi connectivity index (χ4v) is 1.68. The predicted molar refractivity (Wildman–Crippen MR) is 52.4 cm³/mol. The molecule has 0 aliphatic rings. The number of hydrogen-bond donors (Lipinski definition) is 1. The number of carbonyl (C=O) groups excluding carboxylic acids is 1. The molecule has 2 N–H and O–H groups in total. The van der Waals surface area contributed by atoms with E-state index in [1.165, 1.54) is 0 Å². The van der Waals surface area contributed by atoms with Crippen LogP contribution in [0.2, 0.25) is 5.02 Å². The van der Waals surface area contributed by atoms with Crippen LogP contribution in [0.1, 0.15) is 15.9 Å². The summed E-state index contributed by atoms with van der Waals surface area (Å²) in [5, 5.41) is 0.369. The van der Waals surface area contributed by atoms with E-state index < -0.39 is 5.91 Å². The summed E-state index contributed by atoms with van der Waals surface area (Å²) >= 11 is 9.04. The molecule has 1 rings (SSSR count). The van der Waals surface area contributed by atoms with Crippen LogP contribution < -0.4 is 5.73 Å². The van der Waals surface area contributed by atoms with E-state index in [1.807, 2.05) is 13.0 Å². The Morgan fingerprint density at radius 2 is 2.17 bits per heavy atom. The predicted octanol–water partition coefficient (Wildman–Crippen LogP) is 2.51. The first-order valence-corrected chi connectivity index (χ1v) is 4.45. The fourth-order valence-electron chi connectivity index (χ4n) is 0.904. The normalized spacial score (nSPS) is 9.92. The molecule has 4 heteroatoms. The molecule has 0 aliphatic heterocycles. The van der Waals surface area contributed by atoms with E-state index in [1.54, 1.807) is 6.07 Å². The summed E-state index contributed by atoms with van der Waals surface area (Å²) in [6.45, 7) is 1.87. The second kappa shape index (κ2) is 3.46. The molecule has 0 aliphatic carbocycles. The Kier molecular flexibility index (Phi) is 2.75. The molecule has 0 saturated heterocycles. The fraction of sp³-hybridized carbons (Fsp3) is 0.125. The molecular formula is C8H7BrClNO. The van der Waals surface area contributed by atoms with Gasteiger partial charge in [0.2, 0.25) is 5.91 Å². The van der Waals surface area contributed by atoms with Crippen LogP contribution in [0.4, 0.5) is 0 Å². The van der Waals surface area contributed by atoms with Crippen LogP contribution in [-0.4, -0.2) is 5.91 Å². The summed E-state index contributed by atoms with van der Waals surface area (Å²) in [6.07, 6.45) is 0. The third-order valence-electron chi connectivity index (χ3n) is 1.44. The van der Waals surface area contributed by atoms with Crippen LogP contribution in [-0.2, 0) is 0 Å². The summed E-state index contributed by atoms with van der Waals surface area (Å²) in [6, 6.07) is 3.49. The van der Waals surface area contributed by atoms with Crippen LogP contribution in [0.5, 0.6) is 0 Å². The minimum atomic E-state index is -0.510. The molecule has 0 aromatic heterocycles. The van der Waals surface area contributed by atoms with E-state index >= 15 is 0 Å². The second-order valence-electron chi connectivity index (χ2n) is 2.47. The third-order valence-corrected chi connectivity index (χ3v) is 2.70. The molecule has 12 heavy (non-hydrogen) atoms. The maximum Gasteiger partial charge on any atom is 0.250 e. The quantitative estimate of drug-likeness (QED) is 0.815. The van der Waals surface area contributed by atoms with Crippen LogP contribution in [0, 0.1) is 6.92 Å². The van der Waals surface area contributed by atoms with Gasteiger partial charge in [0.15, 0.2) is 0 Å². The van der Waals surface area contributed by atoms with Gasteiger partial charge in [-0.2, -0.15) is 0 Å². The second-order valence-corrected chi connectivity index (χ2v) is 3.70. The average molecular weight is 249 g/mol.